The summed E-state index contributed by atoms with van der Waals surface area (Å²) in [5, 5.41) is 0.222. The van der Waals surface area contributed by atoms with Crippen LogP contribution in [0, 0.1) is 0 Å². The predicted octanol–water partition coefficient (Wildman–Crippen LogP) is 3.06. The molecule has 0 amide bonds. The van der Waals surface area contributed by atoms with Crippen LogP contribution < -0.4 is 0 Å². The lowest BCUT2D eigenvalue weighted by atomic mass is 10.2. The Balaban J connectivity index is 1.50. The standard InChI is InChI=1S/C20H23N3O2S/c24-26(25)19-11-5-4-10-18(19)21-20(26)23-13-7-6-12-22(14-15-23)16-17-8-2-1-3-9-17/h1-5,8-11H,6-7,12-16H2. The molecule has 0 N–H and O–H groups in total. The summed E-state index contributed by atoms with van der Waals surface area (Å²) in [6.45, 7) is 4.19. The highest BCUT2D eigenvalue weighted by Gasteiger charge is 2.35. The van der Waals surface area contributed by atoms with Crippen LogP contribution in [0.25, 0.3) is 0 Å². The molecule has 2 aliphatic heterocycles. The van der Waals surface area contributed by atoms with Crippen molar-refractivity contribution in [2.75, 3.05) is 26.2 Å². The van der Waals surface area contributed by atoms with Gasteiger partial charge in [-0.05, 0) is 37.1 Å². The summed E-state index contributed by atoms with van der Waals surface area (Å²) in [7, 11) is -3.49. The zero-order chi connectivity index (χ0) is 18.0. The summed E-state index contributed by atoms with van der Waals surface area (Å²) in [5.74, 6) is 0. The first-order valence-corrected chi connectivity index (χ1v) is 10.6. The summed E-state index contributed by atoms with van der Waals surface area (Å²) in [6.07, 6.45) is 2.03. The van der Waals surface area contributed by atoms with E-state index in [-0.39, 0.29) is 5.17 Å². The number of para-hydroxylation sites is 1. The van der Waals surface area contributed by atoms with Gasteiger partial charge >= 0.3 is 0 Å². The summed E-state index contributed by atoms with van der Waals surface area (Å²) >= 11 is 0. The van der Waals surface area contributed by atoms with E-state index in [2.05, 4.69) is 34.2 Å². The molecule has 0 aromatic heterocycles. The molecule has 2 aromatic carbocycles. The normalized spacial score (nSPS) is 20.2. The number of fused-ring (bicyclic) bond motifs is 1. The van der Waals surface area contributed by atoms with E-state index >= 15 is 0 Å². The van der Waals surface area contributed by atoms with Crippen LogP contribution in [0.4, 0.5) is 5.69 Å². The highest BCUT2D eigenvalue weighted by atomic mass is 32.2. The van der Waals surface area contributed by atoms with E-state index in [1.807, 2.05) is 17.0 Å². The first kappa shape index (κ1) is 17.2. The topological polar surface area (TPSA) is 53.0 Å². The number of sulfone groups is 1. The number of benzene rings is 2. The molecule has 6 heteroatoms. The van der Waals surface area contributed by atoms with Crippen molar-refractivity contribution in [2.24, 2.45) is 4.99 Å². The lowest BCUT2D eigenvalue weighted by molar-refractivity contribution is 0.212. The Kier molecular flexibility index (Phi) is 4.78. The predicted molar refractivity (Wildman–Crippen MR) is 103 cm³/mol. The van der Waals surface area contributed by atoms with Crippen LogP contribution in [0.3, 0.4) is 0 Å². The zero-order valence-electron chi connectivity index (χ0n) is 14.7. The number of amidine groups is 1. The summed E-state index contributed by atoms with van der Waals surface area (Å²) in [6, 6.07) is 17.4. The van der Waals surface area contributed by atoms with Crippen molar-refractivity contribution in [3.63, 3.8) is 0 Å². The maximum absolute atomic E-state index is 12.9. The van der Waals surface area contributed by atoms with Crippen LogP contribution in [-0.2, 0) is 16.4 Å². The fraction of sp³-hybridized carbons (Fsp3) is 0.350. The minimum atomic E-state index is -3.49. The van der Waals surface area contributed by atoms with Crippen molar-refractivity contribution in [3.05, 3.63) is 60.2 Å². The van der Waals surface area contributed by atoms with Gasteiger partial charge in [-0.15, -0.1) is 0 Å². The van der Waals surface area contributed by atoms with E-state index in [0.717, 1.165) is 39.0 Å². The molecule has 2 aromatic rings. The van der Waals surface area contributed by atoms with Crippen molar-refractivity contribution < 1.29 is 8.42 Å². The third-order valence-corrected chi connectivity index (χ3v) is 6.72. The molecule has 0 bridgehead atoms. The second kappa shape index (κ2) is 7.21. The Hall–Kier alpha value is -2.18. The van der Waals surface area contributed by atoms with Gasteiger partial charge in [0.15, 0.2) is 0 Å². The van der Waals surface area contributed by atoms with E-state index in [0.29, 0.717) is 17.1 Å². The fourth-order valence-electron chi connectivity index (χ4n) is 3.59. The van der Waals surface area contributed by atoms with Crippen molar-refractivity contribution in [1.82, 2.24) is 9.80 Å². The lowest BCUT2D eigenvalue weighted by Crippen LogP contribution is -2.43. The van der Waals surface area contributed by atoms with Crippen molar-refractivity contribution in [2.45, 2.75) is 24.3 Å². The van der Waals surface area contributed by atoms with Crippen LogP contribution >= 0.6 is 0 Å². The SMILES string of the molecule is O=S1(=O)C(N2CCCCN(Cc3ccccc3)CC2)=Nc2ccccc21. The highest BCUT2D eigenvalue weighted by molar-refractivity contribution is 8.06. The van der Waals surface area contributed by atoms with Crippen LogP contribution in [0.15, 0.2) is 64.5 Å². The number of rotatable bonds is 2. The molecule has 0 radical (unpaired) electrons. The Morgan fingerprint density at radius 3 is 2.38 bits per heavy atom. The monoisotopic (exact) mass is 369 g/mol. The molecule has 0 saturated carbocycles. The van der Waals surface area contributed by atoms with E-state index in [4.69, 9.17) is 0 Å². The van der Waals surface area contributed by atoms with Gasteiger partial charge in [-0.1, -0.05) is 42.5 Å². The number of aliphatic imine (C=N–C) groups is 1. The Morgan fingerprint density at radius 2 is 1.58 bits per heavy atom. The number of hydrogen-bond acceptors (Lipinski definition) is 5. The summed E-state index contributed by atoms with van der Waals surface area (Å²) in [5.41, 5.74) is 1.85. The minimum absolute atomic E-state index is 0.222. The Bertz CT molecular complexity index is 910. The largest absolute Gasteiger partial charge is 0.345 e. The molecule has 1 saturated heterocycles. The average Bonchev–Trinajstić information content (AvgIpc) is 2.90. The Labute approximate surface area is 154 Å². The van der Waals surface area contributed by atoms with Gasteiger partial charge in [0.05, 0.1) is 5.69 Å². The summed E-state index contributed by atoms with van der Waals surface area (Å²) in [4.78, 5) is 9.13. The van der Waals surface area contributed by atoms with Crippen LogP contribution in [0.5, 0.6) is 0 Å². The van der Waals surface area contributed by atoms with Gasteiger partial charge in [-0.2, -0.15) is 0 Å². The molecule has 1 fully saturated rings. The van der Waals surface area contributed by atoms with E-state index in [1.54, 1.807) is 18.2 Å². The minimum Gasteiger partial charge on any atom is -0.345 e. The quantitative estimate of drug-likeness (QED) is 0.816. The van der Waals surface area contributed by atoms with Gasteiger partial charge in [-0.3, -0.25) is 4.90 Å². The molecule has 4 rings (SSSR count). The number of hydrogen-bond donors (Lipinski definition) is 0. The molecule has 5 nitrogen and oxygen atoms in total. The van der Waals surface area contributed by atoms with Gasteiger partial charge in [-0.25, -0.2) is 13.4 Å². The maximum Gasteiger partial charge on any atom is 0.241 e. The van der Waals surface area contributed by atoms with Gasteiger partial charge in [0.2, 0.25) is 15.0 Å². The molecule has 2 heterocycles. The van der Waals surface area contributed by atoms with E-state index in [9.17, 15) is 8.42 Å². The third-order valence-electron chi connectivity index (χ3n) is 4.97. The molecule has 0 atom stereocenters. The first-order chi connectivity index (χ1) is 12.6. The van der Waals surface area contributed by atoms with Crippen LogP contribution in [0.1, 0.15) is 18.4 Å². The molecule has 136 valence electrons. The van der Waals surface area contributed by atoms with E-state index < -0.39 is 9.84 Å². The summed E-state index contributed by atoms with van der Waals surface area (Å²) < 4.78 is 25.7. The molecular formula is C20H23N3O2S. The zero-order valence-corrected chi connectivity index (χ0v) is 15.5. The van der Waals surface area contributed by atoms with Crippen LogP contribution in [-0.4, -0.2) is 49.6 Å². The average molecular weight is 369 g/mol. The second-order valence-corrected chi connectivity index (χ2v) is 8.63. The smallest absolute Gasteiger partial charge is 0.241 e. The maximum atomic E-state index is 12.9. The van der Waals surface area contributed by atoms with E-state index in [1.165, 1.54) is 5.56 Å². The van der Waals surface area contributed by atoms with Gasteiger partial charge in [0, 0.05) is 26.2 Å². The molecule has 26 heavy (non-hydrogen) atoms. The van der Waals surface area contributed by atoms with Crippen molar-refractivity contribution in [1.29, 1.82) is 0 Å². The molecular weight excluding hydrogens is 346 g/mol. The number of nitrogens with zero attached hydrogens (tertiary/aromatic N) is 3. The van der Waals surface area contributed by atoms with Gasteiger partial charge < -0.3 is 4.90 Å². The molecule has 2 aliphatic rings. The highest BCUT2D eigenvalue weighted by Crippen LogP contribution is 2.33. The fourth-order valence-corrected chi connectivity index (χ4v) is 5.18. The Morgan fingerprint density at radius 1 is 0.846 bits per heavy atom. The first-order valence-electron chi connectivity index (χ1n) is 9.09. The lowest BCUT2D eigenvalue weighted by Gasteiger charge is -2.31. The van der Waals surface area contributed by atoms with Gasteiger partial charge in [0.25, 0.3) is 0 Å². The second-order valence-electron chi connectivity index (χ2n) is 6.82. The molecule has 0 spiro atoms. The molecule has 0 aliphatic carbocycles. The third kappa shape index (κ3) is 3.39. The van der Waals surface area contributed by atoms with Crippen LogP contribution in [0.2, 0.25) is 0 Å². The van der Waals surface area contributed by atoms with Crippen molar-refractivity contribution in [3.8, 4) is 0 Å². The van der Waals surface area contributed by atoms with Gasteiger partial charge in [0.1, 0.15) is 4.90 Å². The molecule has 0 unspecified atom stereocenters. The van der Waals surface area contributed by atoms with Crippen molar-refractivity contribution >= 4 is 20.7 Å².